The number of allylic oxidation sites excluding steroid dienone is 1. The van der Waals surface area contributed by atoms with Crippen molar-refractivity contribution in [3.05, 3.63) is 35.1 Å². The van der Waals surface area contributed by atoms with Crippen LogP contribution >= 0.6 is 11.8 Å². The first kappa shape index (κ1) is 11.9. The molecule has 0 fully saturated rings. The summed E-state index contributed by atoms with van der Waals surface area (Å²) in [7, 11) is 0. The second-order valence-corrected chi connectivity index (χ2v) is 4.21. The summed E-state index contributed by atoms with van der Waals surface area (Å²) < 4.78 is 4.91. The van der Waals surface area contributed by atoms with Gasteiger partial charge in [0.1, 0.15) is 0 Å². The standard InChI is InChI=1S/C11H15NO2S/c1-3-10(15-4-2)11(13)12-7-9-5-6-14-8-9/h3,5-6,8H,4,7H2,1-2H3,(H,12,13)/b10-3-. The van der Waals surface area contributed by atoms with Gasteiger partial charge in [-0.15, -0.1) is 11.8 Å². The smallest absolute Gasteiger partial charge is 0.257 e. The fraction of sp³-hybridized carbons (Fsp3) is 0.364. The minimum Gasteiger partial charge on any atom is -0.472 e. The number of furan rings is 1. The van der Waals surface area contributed by atoms with E-state index in [-0.39, 0.29) is 5.91 Å². The summed E-state index contributed by atoms with van der Waals surface area (Å²) in [5.41, 5.74) is 0.973. The van der Waals surface area contributed by atoms with Crippen LogP contribution in [0, 0.1) is 0 Å². The van der Waals surface area contributed by atoms with Gasteiger partial charge in [-0.1, -0.05) is 13.0 Å². The first-order valence-corrected chi connectivity index (χ1v) is 5.84. The minimum absolute atomic E-state index is 0.0226. The van der Waals surface area contributed by atoms with Gasteiger partial charge in [0.25, 0.3) is 5.91 Å². The Balaban J connectivity index is 2.41. The maximum atomic E-state index is 11.6. The molecule has 0 bridgehead atoms. The predicted molar refractivity (Wildman–Crippen MR) is 62.4 cm³/mol. The number of rotatable bonds is 5. The van der Waals surface area contributed by atoms with E-state index in [1.165, 1.54) is 0 Å². The summed E-state index contributed by atoms with van der Waals surface area (Å²) in [6.45, 7) is 4.41. The lowest BCUT2D eigenvalue weighted by atomic mass is 10.3. The van der Waals surface area contributed by atoms with E-state index in [0.717, 1.165) is 16.2 Å². The third-order valence-electron chi connectivity index (χ3n) is 1.82. The van der Waals surface area contributed by atoms with Crippen LogP contribution in [0.4, 0.5) is 0 Å². The van der Waals surface area contributed by atoms with Crippen LogP contribution in [-0.4, -0.2) is 11.7 Å². The molecule has 0 aliphatic rings. The molecule has 1 aromatic heterocycles. The molecule has 1 rings (SSSR count). The maximum absolute atomic E-state index is 11.6. The van der Waals surface area contributed by atoms with Crippen molar-refractivity contribution in [1.82, 2.24) is 5.32 Å². The van der Waals surface area contributed by atoms with Crippen LogP contribution in [-0.2, 0) is 11.3 Å². The molecule has 1 aromatic rings. The molecule has 0 aromatic carbocycles. The Morgan fingerprint density at radius 2 is 2.47 bits per heavy atom. The molecule has 15 heavy (non-hydrogen) atoms. The van der Waals surface area contributed by atoms with Gasteiger partial charge in [0.2, 0.25) is 0 Å². The molecule has 3 nitrogen and oxygen atoms in total. The maximum Gasteiger partial charge on any atom is 0.257 e. The van der Waals surface area contributed by atoms with Crippen LogP contribution in [0.25, 0.3) is 0 Å². The first-order chi connectivity index (χ1) is 7.27. The third-order valence-corrected chi connectivity index (χ3v) is 2.84. The average molecular weight is 225 g/mol. The monoisotopic (exact) mass is 225 g/mol. The van der Waals surface area contributed by atoms with Crippen LogP contribution in [0.2, 0.25) is 0 Å². The first-order valence-electron chi connectivity index (χ1n) is 4.86. The average Bonchev–Trinajstić information content (AvgIpc) is 2.75. The highest BCUT2D eigenvalue weighted by atomic mass is 32.2. The molecular formula is C11H15NO2S. The van der Waals surface area contributed by atoms with Crippen LogP contribution in [0.15, 0.2) is 34.0 Å². The lowest BCUT2D eigenvalue weighted by Crippen LogP contribution is -2.23. The Hall–Kier alpha value is -1.16. The molecular weight excluding hydrogens is 210 g/mol. The summed E-state index contributed by atoms with van der Waals surface area (Å²) in [6, 6.07) is 1.84. The number of thioether (sulfide) groups is 1. The quantitative estimate of drug-likeness (QED) is 0.783. The topological polar surface area (TPSA) is 42.2 Å². The predicted octanol–water partition coefficient (Wildman–Crippen LogP) is 2.55. The van der Waals surface area contributed by atoms with Crippen molar-refractivity contribution in [3.63, 3.8) is 0 Å². The van der Waals surface area contributed by atoms with Crippen molar-refractivity contribution in [2.75, 3.05) is 5.75 Å². The number of amides is 1. The molecule has 1 N–H and O–H groups in total. The van der Waals surface area contributed by atoms with E-state index in [1.54, 1.807) is 24.3 Å². The lowest BCUT2D eigenvalue weighted by Gasteiger charge is -2.05. The lowest BCUT2D eigenvalue weighted by molar-refractivity contribution is -0.116. The van der Waals surface area contributed by atoms with Gasteiger partial charge in [-0.05, 0) is 18.7 Å². The van der Waals surface area contributed by atoms with Crippen molar-refractivity contribution in [2.24, 2.45) is 0 Å². The molecule has 0 spiro atoms. The van der Waals surface area contributed by atoms with Gasteiger partial charge >= 0.3 is 0 Å². The van der Waals surface area contributed by atoms with Crippen LogP contribution in [0.1, 0.15) is 19.4 Å². The van der Waals surface area contributed by atoms with E-state index in [9.17, 15) is 4.79 Å². The fourth-order valence-electron chi connectivity index (χ4n) is 1.10. The Kier molecular flexibility index (Phi) is 5.04. The largest absolute Gasteiger partial charge is 0.472 e. The Labute approximate surface area is 93.9 Å². The molecule has 0 atom stereocenters. The van der Waals surface area contributed by atoms with Crippen molar-refractivity contribution in [2.45, 2.75) is 20.4 Å². The second-order valence-electron chi connectivity index (χ2n) is 2.90. The Morgan fingerprint density at radius 1 is 1.67 bits per heavy atom. The Morgan fingerprint density at radius 3 is 3.00 bits per heavy atom. The van der Waals surface area contributed by atoms with E-state index in [4.69, 9.17) is 4.42 Å². The summed E-state index contributed by atoms with van der Waals surface area (Å²) in [5.74, 6) is 0.879. The number of nitrogens with one attached hydrogen (secondary N) is 1. The van der Waals surface area contributed by atoms with Crippen molar-refractivity contribution in [3.8, 4) is 0 Å². The highest BCUT2D eigenvalue weighted by Crippen LogP contribution is 2.14. The van der Waals surface area contributed by atoms with E-state index < -0.39 is 0 Å². The van der Waals surface area contributed by atoms with Crippen molar-refractivity contribution >= 4 is 17.7 Å². The zero-order chi connectivity index (χ0) is 11.1. The molecule has 1 heterocycles. The Bertz CT molecular complexity index is 330. The molecule has 0 aliphatic heterocycles. The van der Waals surface area contributed by atoms with E-state index in [1.807, 2.05) is 26.0 Å². The highest BCUT2D eigenvalue weighted by Gasteiger charge is 2.07. The second kappa shape index (κ2) is 6.35. The van der Waals surface area contributed by atoms with Gasteiger partial charge in [0, 0.05) is 12.1 Å². The highest BCUT2D eigenvalue weighted by molar-refractivity contribution is 8.03. The summed E-state index contributed by atoms with van der Waals surface area (Å²) in [4.78, 5) is 12.4. The number of carbonyl (C=O) groups is 1. The SMILES string of the molecule is C/C=C(\SCC)C(=O)NCc1ccoc1. The zero-order valence-corrected chi connectivity index (χ0v) is 9.76. The zero-order valence-electron chi connectivity index (χ0n) is 8.95. The van der Waals surface area contributed by atoms with Gasteiger partial charge in [-0.25, -0.2) is 0 Å². The van der Waals surface area contributed by atoms with Gasteiger partial charge in [-0.3, -0.25) is 4.79 Å². The molecule has 0 aliphatic carbocycles. The van der Waals surface area contributed by atoms with Crippen LogP contribution in [0.3, 0.4) is 0 Å². The molecule has 4 heteroatoms. The molecule has 0 saturated heterocycles. The molecule has 82 valence electrons. The number of carbonyl (C=O) groups excluding carboxylic acids is 1. The number of hydrogen-bond donors (Lipinski definition) is 1. The normalized spacial score (nSPS) is 11.5. The van der Waals surface area contributed by atoms with Gasteiger partial charge < -0.3 is 9.73 Å². The molecule has 0 radical (unpaired) electrons. The molecule has 0 saturated carbocycles. The molecule has 1 amide bonds. The minimum atomic E-state index is -0.0226. The van der Waals surface area contributed by atoms with E-state index in [0.29, 0.717) is 6.54 Å². The third kappa shape index (κ3) is 3.83. The van der Waals surface area contributed by atoms with Crippen molar-refractivity contribution < 1.29 is 9.21 Å². The van der Waals surface area contributed by atoms with Gasteiger partial charge in [-0.2, -0.15) is 0 Å². The molecule has 0 unspecified atom stereocenters. The van der Waals surface area contributed by atoms with Crippen LogP contribution < -0.4 is 5.32 Å². The summed E-state index contributed by atoms with van der Waals surface area (Å²) in [5, 5.41) is 2.83. The fourth-order valence-corrected chi connectivity index (χ4v) is 1.78. The van der Waals surface area contributed by atoms with Crippen LogP contribution in [0.5, 0.6) is 0 Å². The van der Waals surface area contributed by atoms with E-state index >= 15 is 0 Å². The van der Waals surface area contributed by atoms with Gasteiger partial charge in [0.15, 0.2) is 0 Å². The summed E-state index contributed by atoms with van der Waals surface area (Å²) >= 11 is 1.55. The summed E-state index contributed by atoms with van der Waals surface area (Å²) in [6.07, 6.45) is 5.06. The van der Waals surface area contributed by atoms with Crippen molar-refractivity contribution in [1.29, 1.82) is 0 Å². The van der Waals surface area contributed by atoms with E-state index in [2.05, 4.69) is 5.32 Å². The number of hydrogen-bond acceptors (Lipinski definition) is 3. The van der Waals surface area contributed by atoms with Gasteiger partial charge in [0.05, 0.1) is 17.4 Å².